The second-order valence-electron chi connectivity index (χ2n) is 4.82. The van der Waals surface area contributed by atoms with E-state index in [0.29, 0.717) is 0 Å². The number of rotatable bonds is 2. The minimum absolute atomic E-state index is 0.0504. The first kappa shape index (κ1) is 14.0. The first-order valence-electron chi connectivity index (χ1n) is 6.28. The highest BCUT2D eigenvalue weighted by Crippen LogP contribution is 2.32. The molecular weight excluding hydrogens is 288 g/mol. The van der Waals surface area contributed by atoms with Crippen molar-refractivity contribution in [2.24, 2.45) is 0 Å². The van der Waals surface area contributed by atoms with Gasteiger partial charge in [0.25, 0.3) is 5.79 Å². The fourth-order valence-electron chi connectivity index (χ4n) is 2.37. The highest BCUT2D eigenvalue weighted by atomic mass is 32.2. The van der Waals surface area contributed by atoms with E-state index in [-0.39, 0.29) is 11.1 Å². The Balaban J connectivity index is 2.07. The van der Waals surface area contributed by atoms with Crippen LogP contribution in [0.3, 0.4) is 0 Å². The van der Waals surface area contributed by atoms with E-state index in [2.05, 4.69) is 0 Å². The lowest BCUT2D eigenvalue weighted by molar-refractivity contribution is -0.0857. The van der Waals surface area contributed by atoms with Gasteiger partial charge in [0, 0.05) is 16.0 Å². The van der Waals surface area contributed by atoms with E-state index >= 15 is 0 Å². The Morgan fingerprint density at radius 3 is 2.05 bits per heavy atom. The third kappa shape index (κ3) is 2.10. The third-order valence-corrected chi connectivity index (χ3v) is 4.31. The Bertz CT molecular complexity index is 747. The van der Waals surface area contributed by atoms with Crippen molar-refractivity contribution in [3.05, 3.63) is 53.6 Å². The average molecular weight is 300 g/mol. The molecule has 2 aromatic rings. The molecule has 0 radical (unpaired) electrons. The van der Waals surface area contributed by atoms with Gasteiger partial charge in [-0.3, -0.25) is 9.59 Å². The molecule has 1 aliphatic rings. The molecule has 2 aromatic carbocycles. The zero-order valence-corrected chi connectivity index (χ0v) is 12.0. The number of thioether (sulfide) groups is 1. The monoisotopic (exact) mass is 300 g/mol. The highest BCUT2D eigenvalue weighted by molar-refractivity contribution is 7.98. The second kappa shape index (κ2) is 4.80. The minimum atomic E-state index is -2.93. The molecule has 106 valence electrons. The average Bonchev–Trinajstić information content (AvgIpc) is 2.68. The van der Waals surface area contributed by atoms with Crippen LogP contribution in [0.1, 0.15) is 20.7 Å². The van der Waals surface area contributed by atoms with Crippen molar-refractivity contribution in [3.8, 4) is 11.1 Å². The van der Waals surface area contributed by atoms with Gasteiger partial charge in [0.15, 0.2) is 0 Å². The fraction of sp³-hybridized carbons (Fsp3) is 0.125. The summed E-state index contributed by atoms with van der Waals surface area (Å²) in [6, 6.07) is 12.4. The molecule has 0 heterocycles. The molecule has 0 spiro atoms. The maximum absolute atomic E-state index is 11.9. The van der Waals surface area contributed by atoms with Crippen molar-refractivity contribution >= 4 is 23.3 Å². The summed E-state index contributed by atoms with van der Waals surface area (Å²) in [5, 5.41) is 19.1. The van der Waals surface area contributed by atoms with Gasteiger partial charge in [0.05, 0.1) is 0 Å². The standard InChI is InChI=1S/C16H12O4S/c1-21-11-5-2-9(3-6-11)10-4-7-12-13(8-10)15(18)16(19,20)14(12)17/h2-8,19-20H,1H3. The number of fused-ring (bicyclic) bond motifs is 1. The van der Waals surface area contributed by atoms with Crippen molar-refractivity contribution in [1.29, 1.82) is 0 Å². The van der Waals surface area contributed by atoms with Crippen molar-refractivity contribution in [1.82, 2.24) is 0 Å². The van der Waals surface area contributed by atoms with Gasteiger partial charge in [-0.1, -0.05) is 18.2 Å². The fourth-order valence-corrected chi connectivity index (χ4v) is 2.78. The molecule has 4 nitrogen and oxygen atoms in total. The Morgan fingerprint density at radius 1 is 0.857 bits per heavy atom. The van der Waals surface area contributed by atoms with Crippen molar-refractivity contribution < 1.29 is 19.8 Å². The molecule has 0 aliphatic heterocycles. The SMILES string of the molecule is CSc1ccc(-c2ccc3c(c2)C(=O)C(O)(O)C3=O)cc1. The van der Waals surface area contributed by atoms with Crippen LogP contribution >= 0.6 is 11.8 Å². The summed E-state index contributed by atoms with van der Waals surface area (Å²) >= 11 is 1.63. The number of carbonyl (C=O) groups is 2. The summed E-state index contributed by atoms with van der Waals surface area (Å²) < 4.78 is 0. The van der Waals surface area contributed by atoms with E-state index in [9.17, 15) is 19.8 Å². The molecule has 21 heavy (non-hydrogen) atoms. The van der Waals surface area contributed by atoms with E-state index < -0.39 is 17.4 Å². The van der Waals surface area contributed by atoms with E-state index in [1.54, 1.807) is 17.8 Å². The van der Waals surface area contributed by atoms with Gasteiger partial charge < -0.3 is 10.2 Å². The largest absolute Gasteiger partial charge is 0.353 e. The molecule has 0 saturated carbocycles. The number of hydrogen-bond acceptors (Lipinski definition) is 5. The van der Waals surface area contributed by atoms with E-state index in [4.69, 9.17) is 0 Å². The number of carbonyl (C=O) groups excluding carboxylic acids is 2. The summed E-state index contributed by atoms with van der Waals surface area (Å²) in [6.07, 6.45) is 1.98. The third-order valence-electron chi connectivity index (χ3n) is 3.57. The molecule has 2 N–H and O–H groups in total. The van der Waals surface area contributed by atoms with Crippen LogP contribution in [0.2, 0.25) is 0 Å². The topological polar surface area (TPSA) is 74.6 Å². The summed E-state index contributed by atoms with van der Waals surface area (Å²) in [4.78, 5) is 24.7. The Labute approximate surface area is 125 Å². The van der Waals surface area contributed by atoms with Crippen molar-refractivity contribution in [3.63, 3.8) is 0 Å². The second-order valence-corrected chi connectivity index (χ2v) is 5.70. The number of aliphatic hydroxyl groups is 2. The normalized spacial score (nSPS) is 16.1. The summed E-state index contributed by atoms with van der Waals surface area (Å²) in [5.74, 6) is -4.86. The first-order valence-corrected chi connectivity index (χ1v) is 7.50. The van der Waals surface area contributed by atoms with Crippen molar-refractivity contribution in [2.45, 2.75) is 10.7 Å². The van der Waals surface area contributed by atoms with Crippen LogP contribution in [-0.2, 0) is 0 Å². The minimum Gasteiger partial charge on any atom is -0.353 e. The Kier molecular flexibility index (Phi) is 3.20. The van der Waals surface area contributed by atoms with Crippen LogP contribution in [0.4, 0.5) is 0 Å². The number of hydrogen-bond donors (Lipinski definition) is 2. The Hall–Kier alpha value is -1.95. The molecule has 0 atom stereocenters. The van der Waals surface area contributed by atoms with E-state index in [1.165, 1.54) is 12.1 Å². The van der Waals surface area contributed by atoms with Crippen molar-refractivity contribution in [2.75, 3.05) is 6.26 Å². The lowest BCUT2D eigenvalue weighted by atomic mass is 10.0. The first-order chi connectivity index (χ1) is 9.95. The lowest BCUT2D eigenvalue weighted by Gasteiger charge is -2.08. The van der Waals surface area contributed by atoms with E-state index in [1.807, 2.05) is 30.5 Å². The van der Waals surface area contributed by atoms with Gasteiger partial charge in [-0.2, -0.15) is 0 Å². The molecule has 5 heteroatoms. The van der Waals surface area contributed by atoms with Gasteiger partial charge in [0.2, 0.25) is 11.6 Å². The van der Waals surface area contributed by atoms with E-state index in [0.717, 1.165) is 16.0 Å². The number of ketones is 2. The lowest BCUT2D eigenvalue weighted by Crippen LogP contribution is -2.40. The molecule has 0 saturated heterocycles. The predicted octanol–water partition coefficient (Wildman–Crippen LogP) is 2.14. The predicted molar refractivity (Wildman–Crippen MR) is 79.5 cm³/mol. The molecule has 0 amide bonds. The smallest absolute Gasteiger partial charge is 0.295 e. The highest BCUT2D eigenvalue weighted by Gasteiger charge is 2.50. The van der Waals surface area contributed by atoms with Crippen LogP contribution in [-0.4, -0.2) is 33.8 Å². The van der Waals surface area contributed by atoms with Crippen LogP contribution in [0.5, 0.6) is 0 Å². The van der Waals surface area contributed by atoms with Gasteiger partial charge in [-0.05, 0) is 41.6 Å². The Morgan fingerprint density at radius 2 is 1.43 bits per heavy atom. The maximum Gasteiger partial charge on any atom is 0.295 e. The molecule has 0 bridgehead atoms. The van der Waals surface area contributed by atoms with Gasteiger partial charge >= 0.3 is 0 Å². The summed E-state index contributed by atoms with van der Waals surface area (Å²) in [5.41, 5.74) is 1.75. The van der Waals surface area contributed by atoms with Gasteiger partial charge in [-0.25, -0.2) is 0 Å². The molecule has 3 rings (SSSR count). The van der Waals surface area contributed by atoms with Crippen LogP contribution in [0.25, 0.3) is 11.1 Å². The zero-order valence-electron chi connectivity index (χ0n) is 11.2. The molecule has 0 aromatic heterocycles. The molecule has 0 unspecified atom stereocenters. The molecule has 1 aliphatic carbocycles. The van der Waals surface area contributed by atoms with Crippen LogP contribution in [0.15, 0.2) is 47.4 Å². The van der Waals surface area contributed by atoms with Gasteiger partial charge in [0.1, 0.15) is 0 Å². The number of benzene rings is 2. The summed E-state index contributed by atoms with van der Waals surface area (Å²) in [7, 11) is 0. The number of Topliss-reactive ketones (excluding diaryl/α,β-unsaturated/α-hetero) is 2. The van der Waals surface area contributed by atoms with Gasteiger partial charge in [-0.15, -0.1) is 11.8 Å². The molecule has 0 fully saturated rings. The maximum atomic E-state index is 11.9. The molecular formula is C16H12O4S. The summed E-state index contributed by atoms with van der Waals surface area (Å²) in [6.45, 7) is 0. The quantitative estimate of drug-likeness (QED) is 0.505. The van der Waals surface area contributed by atoms with Crippen LogP contribution in [0, 0.1) is 0 Å². The van der Waals surface area contributed by atoms with Crippen LogP contribution < -0.4 is 0 Å². The zero-order chi connectivity index (χ0) is 15.2.